The smallest absolute Gasteiger partial charge is 0.318 e. The lowest BCUT2D eigenvalue weighted by Crippen LogP contribution is -2.48. The quantitative estimate of drug-likeness (QED) is 0.909. The summed E-state index contributed by atoms with van der Waals surface area (Å²) < 4.78 is 13.6. The van der Waals surface area contributed by atoms with Crippen LogP contribution in [0.15, 0.2) is 48.7 Å². The second kappa shape index (κ2) is 7.40. The van der Waals surface area contributed by atoms with Crippen molar-refractivity contribution in [1.29, 1.82) is 0 Å². The van der Waals surface area contributed by atoms with Crippen molar-refractivity contribution in [3.63, 3.8) is 0 Å². The Kier molecular flexibility index (Phi) is 5.05. The highest BCUT2D eigenvalue weighted by atomic mass is 19.1. The molecule has 2 unspecified atom stereocenters. The third kappa shape index (κ3) is 3.89. The summed E-state index contributed by atoms with van der Waals surface area (Å²) in [6.45, 7) is 0.908. The highest BCUT2D eigenvalue weighted by Gasteiger charge is 2.25. The van der Waals surface area contributed by atoms with Crippen molar-refractivity contribution in [1.82, 2.24) is 15.2 Å². The number of carbonyl (C=O) groups is 1. The summed E-state index contributed by atoms with van der Waals surface area (Å²) in [7, 11) is 0. The van der Waals surface area contributed by atoms with Crippen LogP contribution in [0.3, 0.4) is 0 Å². The first-order chi connectivity index (χ1) is 11.6. The molecule has 6 heteroatoms. The van der Waals surface area contributed by atoms with Crippen molar-refractivity contribution in [3.05, 3.63) is 65.7 Å². The van der Waals surface area contributed by atoms with Crippen LogP contribution in [0.1, 0.15) is 30.1 Å². The van der Waals surface area contributed by atoms with Gasteiger partial charge in [-0.2, -0.15) is 0 Å². The Morgan fingerprint density at radius 1 is 1.33 bits per heavy atom. The number of aromatic nitrogens is 1. The molecule has 5 nitrogen and oxygen atoms in total. The molecule has 0 radical (unpaired) electrons. The SMILES string of the molecule is O=C(NC(c1cccc(F)c1)c1ccccn1)N1CCCC(O)C1. The summed E-state index contributed by atoms with van der Waals surface area (Å²) in [5.41, 5.74) is 1.26. The summed E-state index contributed by atoms with van der Waals surface area (Å²) in [5, 5.41) is 12.7. The molecule has 24 heavy (non-hydrogen) atoms. The number of amides is 2. The normalized spacial score (nSPS) is 18.9. The molecular formula is C18H20FN3O2. The first-order valence-electron chi connectivity index (χ1n) is 8.03. The molecule has 1 fully saturated rings. The number of halogens is 1. The molecule has 2 heterocycles. The molecule has 0 spiro atoms. The van der Waals surface area contributed by atoms with Gasteiger partial charge >= 0.3 is 6.03 Å². The predicted molar refractivity (Wildman–Crippen MR) is 87.8 cm³/mol. The molecule has 2 N–H and O–H groups in total. The summed E-state index contributed by atoms with van der Waals surface area (Å²) in [5.74, 6) is -0.365. The van der Waals surface area contributed by atoms with Crippen LogP contribution >= 0.6 is 0 Å². The summed E-state index contributed by atoms with van der Waals surface area (Å²) in [6, 6.07) is 10.7. The van der Waals surface area contributed by atoms with Crippen LogP contribution in [0.25, 0.3) is 0 Å². The number of benzene rings is 1. The molecule has 2 atom stereocenters. The van der Waals surface area contributed by atoms with E-state index in [2.05, 4.69) is 10.3 Å². The van der Waals surface area contributed by atoms with Gasteiger partial charge in [0.1, 0.15) is 5.82 Å². The van der Waals surface area contributed by atoms with E-state index in [-0.39, 0.29) is 11.8 Å². The van der Waals surface area contributed by atoms with E-state index in [0.29, 0.717) is 30.8 Å². The van der Waals surface area contributed by atoms with E-state index in [1.54, 1.807) is 35.4 Å². The number of piperidine rings is 1. The van der Waals surface area contributed by atoms with Crippen LogP contribution < -0.4 is 5.32 Å². The number of hydrogen-bond donors (Lipinski definition) is 2. The zero-order valence-corrected chi connectivity index (χ0v) is 13.2. The number of hydrogen-bond acceptors (Lipinski definition) is 3. The van der Waals surface area contributed by atoms with Crippen molar-refractivity contribution < 1.29 is 14.3 Å². The molecule has 2 amide bonds. The van der Waals surface area contributed by atoms with Gasteiger partial charge in [0.15, 0.2) is 0 Å². The lowest BCUT2D eigenvalue weighted by molar-refractivity contribution is 0.0836. The topological polar surface area (TPSA) is 65.5 Å². The van der Waals surface area contributed by atoms with Crippen molar-refractivity contribution in [2.24, 2.45) is 0 Å². The monoisotopic (exact) mass is 329 g/mol. The minimum atomic E-state index is -0.548. The van der Waals surface area contributed by atoms with Gasteiger partial charge in [-0.15, -0.1) is 0 Å². The number of carbonyl (C=O) groups excluding carboxylic acids is 1. The van der Waals surface area contributed by atoms with E-state index in [1.807, 2.05) is 6.07 Å². The van der Waals surface area contributed by atoms with Crippen molar-refractivity contribution in [2.45, 2.75) is 25.0 Å². The zero-order chi connectivity index (χ0) is 16.9. The van der Waals surface area contributed by atoms with Gasteiger partial charge in [0.2, 0.25) is 0 Å². The first-order valence-corrected chi connectivity index (χ1v) is 8.03. The van der Waals surface area contributed by atoms with E-state index in [0.717, 1.165) is 6.42 Å². The number of likely N-dealkylation sites (tertiary alicyclic amines) is 1. The number of nitrogens with one attached hydrogen (secondary N) is 1. The summed E-state index contributed by atoms with van der Waals surface area (Å²) in [6.07, 6.45) is 2.62. The van der Waals surface area contributed by atoms with Crippen molar-refractivity contribution in [2.75, 3.05) is 13.1 Å². The fourth-order valence-corrected chi connectivity index (χ4v) is 2.91. The molecular weight excluding hydrogens is 309 g/mol. The summed E-state index contributed by atoms with van der Waals surface area (Å²) in [4.78, 5) is 18.4. The second-order valence-electron chi connectivity index (χ2n) is 5.93. The van der Waals surface area contributed by atoms with Crippen LogP contribution in [0.5, 0.6) is 0 Å². The van der Waals surface area contributed by atoms with E-state index in [1.165, 1.54) is 12.1 Å². The van der Waals surface area contributed by atoms with Gasteiger partial charge in [-0.25, -0.2) is 9.18 Å². The van der Waals surface area contributed by atoms with Crippen LogP contribution in [0.2, 0.25) is 0 Å². The van der Waals surface area contributed by atoms with Crippen LogP contribution in [0, 0.1) is 5.82 Å². The third-order valence-electron chi connectivity index (χ3n) is 4.12. The minimum absolute atomic E-state index is 0.284. The zero-order valence-electron chi connectivity index (χ0n) is 13.2. The third-order valence-corrected chi connectivity index (χ3v) is 4.12. The molecule has 2 aromatic rings. The predicted octanol–water partition coefficient (Wildman–Crippen LogP) is 2.48. The van der Waals surface area contributed by atoms with E-state index in [9.17, 15) is 14.3 Å². The minimum Gasteiger partial charge on any atom is -0.391 e. The molecule has 0 bridgehead atoms. The largest absolute Gasteiger partial charge is 0.391 e. The van der Waals surface area contributed by atoms with Gasteiger partial charge in [-0.1, -0.05) is 18.2 Å². The Morgan fingerprint density at radius 2 is 2.21 bits per heavy atom. The standard InChI is InChI=1S/C18H20FN3O2/c19-14-6-3-5-13(11-14)17(16-8-1-2-9-20-16)21-18(24)22-10-4-7-15(23)12-22/h1-3,5-6,8-9,11,15,17,23H,4,7,10,12H2,(H,21,24). The van der Waals surface area contributed by atoms with E-state index >= 15 is 0 Å². The van der Waals surface area contributed by atoms with Gasteiger partial charge in [-0.05, 0) is 42.7 Å². The number of aliphatic hydroxyl groups is 1. The van der Waals surface area contributed by atoms with Gasteiger partial charge in [0, 0.05) is 19.3 Å². The molecule has 0 aliphatic carbocycles. The van der Waals surface area contributed by atoms with Gasteiger partial charge in [0.25, 0.3) is 0 Å². The summed E-state index contributed by atoms with van der Waals surface area (Å²) >= 11 is 0. The number of aliphatic hydroxyl groups excluding tert-OH is 1. The maximum atomic E-state index is 13.6. The Hall–Kier alpha value is -2.47. The Balaban J connectivity index is 1.84. The molecule has 1 aromatic carbocycles. The van der Waals surface area contributed by atoms with Crippen molar-refractivity contribution >= 4 is 6.03 Å². The number of nitrogens with zero attached hydrogens (tertiary/aromatic N) is 2. The van der Waals surface area contributed by atoms with Gasteiger partial charge in [0.05, 0.1) is 17.8 Å². The Labute approximate surface area is 140 Å². The lowest BCUT2D eigenvalue weighted by atomic mass is 10.0. The van der Waals surface area contributed by atoms with Gasteiger partial charge in [-0.3, -0.25) is 4.98 Å². The lowest BCUT2D eigenvalue weighted by Gasteiger charge is -2.31. The maximum Gasteiger partial charge on any atom is 0.318 e. The maximum absolute atomic E-state index is 13.6. The molecule has 1 aromatic heterocycles. The van der Waals surface area contributed by atoms with Crippen LogP contribution in [0.4, 0.5) is 9.18 Å². The highest BCUT2D eigenvalue weighted by molar-refractivity contribution is 5.75. The Bertz CT molecular complexity index is 696. The molecule has 1 saturated heterocycles. The number of pyridine rings is 1. The van der Waals surface area contributed by atoms with E-state index < -0.39 is 12.1 Å². The number of rotatable bonds is 3. The first kappa shape index (κ1) is 16.4. The fourth-order valence-electron chi connectivity index (χ4n) is 2.91. The molecule has 126 valence electrons. The second-order valence-corrected chi connectivity index (χ2v) is 5.93. The van der Waals surface area contributed by atoms with Crippen LogP contribution in [-0.4, -0.2) is 40.2 Å². The fraction of sp³-hybridized carbons (Fsp3) is 0.333. The van der Waals surface area contributed by atoms with Crippen LogP contribution in [-0.2, 0) is 0 Å². The highest BCUT2D eigenvalue weighted by Crippen LogP contribution is 2.22. The molecule has 1 aliphatic rings. The molecule has 1 aliphatic heterocycles. The molecule has 3 rings (SSSR count). The average Bonchev–Trinajstić information content (AvgIpc) is 2.60. The molecule has 0 saturated carbocycles. The number of β-amino-alcohol motifs (C(OH)–C–C–N with tert-alkyl or cyclic N) is 1. The van der Waals surface area contributed by atoms with E-state index in [4.69, 9.17) is 0 Å². The average molecular weight is 329 g/mol. The number of urea groups is 1. The van der Waals surface area contributed by atoms with Crippen molar-refractivity contribution in [3.8, 4) is 0 Å². The van der Waals surface area contributed by atoms with Gasteiger partial charge < -0.3 is 15.3 Å². The Morgan fingerprint density at radius 3 is 2.92 bits per heavy atom.